The second kappa shape index (κ2) is 8.59. The van der Waals surface area contributed by atoms with Gasteiger partial charge < -0.3 is 9.64 Å². The zero-order valence-corrected chi connectivity index (χ0v) is 18.1. The van der Waals surface area contributed by atoms with Gasteiger partial charge in [-0.15, -0.1) is 0 Å². The van der Waals surface area contributed by atoms with Gasteiger partial charge in [-0.3, -0.25) is 4.79 Å². The molecule has 0 unspecified atom stereocenters. The number of hydrogen-bond donors (Lipinski definition) is 0. The van der Waals surface area contributed by atoms with Crippen molar-refractivity contribution in [2.75, 3.05) is 26.4 Å². The van der Waals surface area contributed by atoms with Crippen molar-refractivity contribution in [2.45, 2.75) is 18.9 Å². The number of ether oxygens (including phenoxy) is 1. The Bertz CT molecular complexity index is 942. The summed E-state index contributed by atoms with van der Waals surface area (Å²) in [5, 5.41) is 0. The van der Waals surface area contributed by atoms with Gasteiger partial charge in [0.2, 0.25) is 15.9 Å². The number of rotatable bonds is 5. The smallest absolute Gasteiger partial charge is 0.259 e. The van der Waals surface area contributed by atoms with Crippen molar-refractivity contribution in [3.63, 3.8) is 0 Å². The number of likely N-dealkylation sites (tertiary alicyclic amines) is 1. The summed E-state index contributed by atoms with van der Waals surface area (Å²) in [4.78, 5) is 18.9. The van der Waals surface area contributed by atoms with E-state index in [-0.39, 0.29) is 17.8 Å². The van der Waals surface area contributed by atoms with E-state index in [4.69, 9.17) is 4.74 Å². The fourth-order valence-corrected chi connectivity index (χ4v) is 4.14. The van der Waals surface area contributed by atoms with Crippen LogP contribution in [0.15, 0.2) is 47.1 Å². The average molecular weight is 468 g/mol. The predicted molar refractivity (Wildman–Crippen MR) is 110 cm³/mol. The lowest BCUT2D eigenvalue weighted by Crippen LogP contribution is -2.47. The fourth-order valence-electron chi connectivity index (χ4n) is 3.12. The molecule has 2 aromatic rings. The van der Waals surface area contributed by atoms with Crippen molar-refractivity contribution in [3.8, 4) is 11.6 Å². The number of aromatic nitrogens is 1. The number of benzene rings is 1. The lowest BCUT2D eigenvalue weighted by molar-refractivity contribution is 0.0683. The summed E-state index contributed by atoms with van der Waals surface area (Å²) in [7, 11) is -1.65. The highest BCUT2D eigenvalue weighted by atomic mass is 79.9. The molecule has 0 saturated carbocycles. The molecule has 1 amide bonds. The van der Waals surface area contributed by atoms with Crippen molar-refractivity contribution >= 4 is 31.9 Å². The van der Waals surface area contributed by atoms with Gasteiger partial charge in [-0.1, -0.05) is 15.9 Å². The maximum Gasteiger partial charge on any atom is 0.259 e. The van der Waals surface area contributed by atoms with Crippen LogP contribution in [0.5, 0.6) is 11.6 Å². The number of carbonyl (C=O) groups excluding carboxylic acids is 1. The number of piperidine rings is 1. The van der Waals surface area contributed by atoms with Gasteiger partial charge >= 0.3 is 0 Å². The third-order valence-electron chi connectivity index (χ3n) is 4.82. The Morgan fingerprint density at radius 1 is 1.21 bits per heavy atom. The van der Waals surface area contributed by atoms with E-state index >= 15 is 0 Å². The molecule has 0 atom stereocenters. The average Bonchev–Trinajstić information content (AvgIpc) is 2.68. The van der Waals surface area contributed by atoms with Gasteiger partial charge in [0.15, 0.2) is 0 Å². The first-order valence-electron chi connectivity index (χ1n) is 8.86. The molecule has 0 radical (unpaired) electrons. The summed E-state index contributed by atoms with van der Waals surface area (Å²) in [5.74, 6) is 0.676. The second-order valence-corrected chi connectivity index (χ2v) is 9.67. The van der Waals surface area contributed by atoms with E-state index < -0.39 is 10.0 Å². The lowest BCUT2D eigenvalue weighted by Gasteiger charge is -2.35. The van der Waals surface area contributed by atoms with Crippen molar-refractivity contribution in [1.82, 2.24) is 14.2 Å². The maximum absolute atomic E-state index is 13.0. The van der Waals surface area contributed by atoms with Crippen LogP contribution in [0.1, 0.15) is 23.2 Å². The predicted octanol–water partition coefficient (Wildman–Crippen LogP) is 3.13. The Morgan fingerprint density at radius 2 is 1.86 bits per heavy atom. The van der Waals surface area contributed by atoms with Crippen LogP contribution in [0.3, 0.4) is 0 Å². The molecule has 150 valence electrons. The summed E-state index contributed by atoms with van der Waals surface area (Å²) in [5.41, 5.74) is 0.389. The van der Waals surface area contributed by atoms with E-state index in [1.54, 1.807) is 42.4 Å². The zero-order chi connectivity index (χ0) is 20.3. The van der Waals surface area contributed by atoms with Crippen molar-refractivity contribution in [3.05, 3.63) is 52.6 Å². The van der Waals surface area contributed by atoms with Crippen LogP contribution in [-0.4, -0.2) is 60.9 Å². The number of carbonyl (C=O) groups is 1. The monoisotopic (exact) mass is 467 g/mol. The normalized spacial score (nSPS) is 15.6. The van der Waals surface area contributed by atoms with Crippen molar-refractivity contribution in [1.29, 1.82) is 0 Å². The summed E-state index contributed by atoms with van der Waals surface area (Å²) in [6, 6.07) is 10.6. The standard InChI is InChI=1S/C19H22BrN3O4S/c1-22(28(2,25)26)15-9-12-23(13-10-15)19(24)17-4-3-11-21-18(17)27-16-7-5-14(20)6-8-16/h3-8,11,15H,9-10,12-13H2,1-2H3. The third-order valence-corrected chi connectivity index (χ3v) is 6.69. The highest BCUT2D eigenvalue weighted by Gasteiger charge is 2.30. The van der Waals surface area contributed by atoms with Gasteiger partial charge in [-0.2, -0.15) is 0 Å². The minimum Gasteiger partial charge on any atom is -0.438 e. The number of hydrogen-bond acceptors (Lipinski definition) is 5. The first-order chi connectivity index (χ1) is 13.3. The molecule has 28 heavy (non-hydrogen) atoms. The second-order valence-electron chi connectivity index (χ2n) is 6.71. The number of nitrogens with zero attached hydrogens (tertiary/aromatic N) is 3. The Balaban J connectivity index is 1.71. The van der Waals surface area contributed by atoms with Gasteiger partial charge in [-0.05, 0) is 49.2 Å². The molecule has 1 saturated heterocycles. The summed E-state index contributed by atoms with van der Waals surface area (Å²) in [6.45, 7) is 0.964. The van der Waals surface area contributed by atoms with Crippen LogP contribution in [-0.2, 0) is 10.0 Å². The Labute approximate surface area is 173 Å². The van der Waals surface area contributed by atoms with Crippen LogP contribution >= 0.6 is 15.9 Å². The van der Waals surface area contributed by atoms with Gasteiger partial charge in [0, 0.05) is 36.8 Å². The minimum absolute atomic E-state index is 0.0913. The number of sulfonamides is 1. The fraction of sp³-hybridized carbons (Fsp3) is 0.368. The molecule has 1 aliphatic rings. The lowest BCUT2D eigenvalue weighted by atomic mass is 10.0. The largest absolute Gasteiger partial charge is 0.438 e. The molecule has 1 aliphatic heterocycles. The Morgan fingerprint density at radius 3 is 2.46 bits per heavy atom. The number of pyridine rings is 1. The van der Waals surface area contributed by atoms with Crippen LogP contribution < -0.4 is 4.74 Å². The summed E-state index contributed by atoms with van der Waals surface area (Å²) < 4.78 is 31.6. The zero-order valence-electron chi connectivity index (χ0n) is 15.7. The molecular formula is C19H22BrN3O4S. The van der Waals surface area contributed by atoms with E-state index in [9.17, 15) is 13.2 Å². The maximum atomic E-state index is 13.0. The van der Waals surface area contributed by atoms with Crippen molar-refractivity contribution in [2.24, 2.45) is 0 Å². The molecule has 9 heteroatoms. The molecule has 2 heterocycles. The van der Waals surface area contributed by atoms with E-state index in [0.29, 0.717) is 37.2 Å². The van der Waals surface area contributed by atoms with Crippen LogP contribution in [0.2, 0.25) is 0 Å². The molecule has 1 fully saturated rings. The van der Waals surface area contributed by atoms with Gasteiger partial charge in [0.25, 0.3) is 5.91 Å². The molecular weight excluding hydrogens is 446 g/mol. The topological polar surface area (TPSA) is 79.8 Å². The molecule has 0 aliphatic carbocycles. The van der Waals surface area contributed by atoms with Gasteiger partial charge in [-0.25, -0.2) is 17.7 Å². The number of halogens is 1. The first kappa shape index (κ1) is 20.8. The Hall–Kier alpha value is -1.97. The van der Waals surface area contributed by atoms with Gasteiger partial charge in [0.05, 0.1) is 6.26 Å². The Kier molecular flexibility index (Phi) is 6.36. The van der Waals surface area contributed by atoms with E-state index in [2.05, 4.69) is 20.9 Å². The first-order valence-corrected chi connectivity index (χ1v) is 11.5. The van der Waals surface area contributed by atoms with E-state index in [0.717, 1.165) is 4.47 Å². The molecule has 0 spiro atoms. The quantitative estimate of drug-likeness (QED) is 0.674. The van der Waals surface area contributed by atoms with Crippen molar-refractivity contribution < 1.29 is 17.9 Å². The highest BCUT2D eigenvalue weighted by Crippen LogP contribution is 2.27. The van der Waals surface area contributed by atoms with Gasteiger partial charge in [0.1, 0.15) is 11.3 Å². The molecule has 0 bridgehead atoms. The highest BCUT2D eigenvalue weighted by molar-refractivity contribution is 9.10. The summed E-state index contributed by atoms with van der Waals surface area (Å²) in [6.07, 6.45) is 3.97. The molecule has 3 rings (SSSR count). The number of amides is 1. The van der Waals surface area contributed by atoms with E-state index in [1.807, 2.05) is 12.1 Å². The SMILES string of the molecule is CN(C1CCN(C(=O)c2cccnc2Oc2ccc(Br)cc2)CC1)S(C)(=O)=O. The van der Waals surface area contributed by atoms with Crippen LogP contribution in [0.4, 0.5) is 0 Å². The third kappa shape index (κ3) is 4.89. The molecule has 1 aromatic heterocycles. The molecule has 7 nitrogen and oxygen atoms in total. The van der Waals surface area contributed by atoms with Crippen LogP contribution in [0, 0.1) is 0 Å². The summed E-state index contributed by atoms with van der Waals surface area (Å²) >= 11 is 3.37. The van der Waals surface area contributed by atoms with E-state index in [1.165, 1.54) is 10.6 Å². The molecule has 0 N–H and O–H groups in total. The molecule has 1 aromatic carbocycles. The minimum atomic E-state index is -3.24. The van der Waals surface area contributed by atoms with Crippen LogP contribution in [0.25, 0.3) is 0 Å².